The van der Waals surface area contributed by atoms with Crippen molar-refractivity contribution < 1.29 is 9.47 Å². The van der Waals surface area contributed by atoms with Crippen LogP contribution >= 0.6 is 0 Å². The van der Waals surface area contributed by atoms with Gasteiger partial charge in [0.15, 0.2) is 0 Å². The van der Waals surface area contributed by atoms with Gasteiger partial charge in [-0.05, 0) is 32.2 Å². The van der Waals surface area contributed by atoms with Gasteiger partial charge < -0.3 is 14.8 Å². The summed E-state index contributed by atoms with van der Waals surface area (Å²) in [5, 5.41) is 3.49. The second kappa shape index (κ2) is 7.21. The fourth-order valence-corrected chi connectivity index (χ4v) is 1.84. The van der Waals surface area contributed by atoms with Crippen LogP contribution in [0.5, 0.6) is 0 Å². The zero-order chi connectivity index (χ0) is 10.2. The van der Waals surface area contributed by atoms with Crippen molar-refractivity contribution in [3.05, 3.63) is 0 Å². The molecule has 0 aromatic carbocycles. The van der Waals surface area contributed by atoms with Crippen LogP contribution in [-0.4, -0.2) is 39.0 Å². The Morgan fingerprint density at radius 2 is 2.43 bits per heavy atom. The quantitative estimate of drug-likeness (QED) is 0.678. The smallest absolute Gasteiger partial charge is 0.0615 e. The minimum atomic E-state index is 0.501. The average molecular weight is 201 g/mol. The molecule has 0 aliphatic carbocycles. The summed E-state index contributed by atoms with van der Waals surface area (Å²) in [4.78, 5) is 0. The van der Waals surface area contributed by atoms with E-state index in [2.05, 4.69) is 12.2 Å². The molecule has 1 heterocycles. The molecule has 3 heteroatoms. The van der Waals surface area contributed by atoms with E-state index in [1.807, 2.05) is 0 Å². The Labute approximate surface area is 87.2 Å². The van der Waals surface area contributed by atoms with Crippen LogP contribution in [0.25, 0.3) is 0 Å². The number of ether oxygens (including phenoxy) is 2. The van der Waals surface area contributed by atoms with Crippen LogP contribution in [0.2, 0.25) is 0 Å². The van der Waals surface area contributed by atoms with Crippen LogP contribution in [0, 0.1) is 0 Å². The maximum absolute atomic E-state index is 5.56. The lowest BCUT2D eigenvalue weighted by Gasteiger charge is -2.17. The maximum Gasteiger partial charge on any atom is 0.0615 e. The Kier molecular flexibility index (Phi) is 6.15. The third kappa shape index (κ3) is 4.40. The lowest BCUT2D eigenvalue weighted by molar-refractivity contribution is 0.101. The molecule has 14 heavy (non-hydrogen) atoms. The van der Waals surface area contributed by atoms with E-state index < -0.39 is 0 Å². The Morgan fingerprint density at radius 3 is 3.00 bits per heavy atom. The first-order chi connectivity index (χ1) is 6.86. The van der Waals surface area contributed by atoms with Gasteiger partial charge in [0, 0.05) is 19.8 Å². The second-order valence-electron chi connectivity index (χ2n) is 3.94. The van der Waals surface area contributed by atoms with Gasteiger partial charge in [0.05, 0.1) is 12.7 Å². The molecule has 3 nitrogen and oxygen atoms in total. The minimum absolute atomic E-state index is 0.501. The molecule has 0 bridgehead atoms. The Balaban J connectivity index is 2.00. The summed E-state index contributed by atoms with van der Waals surface area (Å²) in [6.45, 7) is 5.00. The summed E-state index contributed by atoms with van der Waals surface area (Å²) in [6, 6.07) is 0.501. The molecule has 0 amide bonds. The zero-order valence-electron chi connectivity index (χ0n) is 9.42. The average Bonchev–Trinajstić information content (AvgIpc) is 2.69. The molecular weight excluding hydrogens is 178 g/mol. The van der Waals surface area contributed by atoms with Gasteiger partial charge in [-0.2, -0.15) is 0 Å². The lowest BCUT2D eigenvalue weighted by Crippen LogP contribution is -2.34. The van der Waals surface area contributed by atoms with E-state index in [4.69, 9.17) is 9.47 Å². The molecular formula is C11H23NO2. The Bertz CT molecular complexity index is 135. The van der Waals surface area contributed by atoms with Gasteiger partial charge >= 0.3 is 0 Å². The van der Waals surface area contributed by atoms with Gasteiger partial charge in [-0.15, -0.1) is 0 Å². The molecule has 1 saturated heterocycles. The third-order valence-corrected chi connectivity index (χ3v) is 2.78. The Hall–Kier alpha value is -0.120. The van der Waals surface area contributed by atoms with Crippen molar-refractivity contribution in [2.75, 3.05) is 26.9 Å². The summed E-state index contributed by atoms with van der Waals surface area (Å²) >= 11 is 0. The predicted molar refractivity (Wildman–Crippen MR) is 57.5 cm³/mol. The number of nitrogens with one attached hydrogen (secondary N) is 1. The topological polar surface area (TPSA) is 30.5 Å². The molecule has 1 fully saturated rings. The predicted octanol–water partition coefficient (Wildman–Crippen LogP) is 1.57. The largest absolute Gasteiger partial charge is 0.383 e. The molecule has 1 rings (SSSR count). The van der Waals surface area contributed by atoms with Crippen LogP contribution in [0.4, 0.5) is 0 Å². The van der Waals surface area contributed by atoms with Crippen molar-refractivity contribution in [1.82, 2.24) is 5.32 Å². The molecule has 1 N–H and O–H groups in total. The number of hydrogen-bond acceptors (Lipinski definition) is 3. The van der Waals surface area contributed by atoms with Crippen molar-refractivity contribution in [2.24, 2.45) is 0 Å². The second-order valence-corrected chi connectivity index (χ2v) is 3.94. The molecule has 2 unspecified atom stereocenters. The first kappa shape index (κ1) is 12.0. The first-order valence-electron chi connectivity index (χ1n) is 5.70. The van der Waals surface area contributed by atoms with Gasteiger partial charge in [-0.3, -0.25) is 0 Å². The fraction of sp³-hybridized carbons (Fsp3) is 1.00. The molecule has 2 atom stereocenters. The highest BCUT2D eigenvalue weighted by atomic mass is 16.5. The van der Waals surface area contributed by atoms with Crippen LogP contribution in [0.3, 0.4) is 0 Å². The number of rotatable bonds is 7. The van der Waals surface area contributed by atoms with Crippen molar-refractivity contribution in [3.63, 3.8) is 0 Å². The third-order valence-electron chi connectivity index (χ3n) is 2.78. The van der Waals surface area contributed by atoms with Crippen molar-refractivity contribution in [2.45, 2.75) is 44.8 Å². The molecule has 0 spiro atoms. The van der Waals surface area contributed by atoms with E-state index in [9.17, 15) is 0 Å². The van der Waals surface area contributed by atoms with E-state index in [0.717, 1.165) is 32.6 Å². The number of methoxy groups -OCH3 is 1. The van der Waals surface area contributed by atoms with Crippen LogP contribution in [-0.2, 0) is 9.47 Å². The first-order valence-corrected chi connectivity index (χ1v) is 5.70. The van der Waals surface area contributed by atoms with Crippen molar-refractivity contribution >= 4 is 0 Å². The minimum Gasteiger partial charge on any atom is -0.383 e. The fourth-order valence-electron chi connectivity index (χ4n) is 1.84. The standard InChI is InChI=1S/C11H23NO2/c1-3-10(9-13-2)12-7-6-11-5-4-8-14-11/h10-12H,3-9H2,1-2H3. The molecule has 0 aromatic heterocycles. The van der Waals surface area contributed by atoms with Gasteiger partial charge in [-0.1, -0.05) is 6.92 Å². The lowest BCUT2D eigenvalue weighted by atomic mass is 10.1. The van der Waals surface area contributed by atoms with E-state index >= 15 is 0 Å². The zero-order valence-corrected chi connectivity index (χ0v) is 9.42. The normalized spacial score (nSPS) is 24.0. The highest BCUT2D eigenvalue weighted by Gasteiger charge is 2.15. The summed E-state index contributed by atoms with van der Waals surface area (Å²) in [5.41, 5.74) is 0. The van der Waals surface area contributed by atoms with Gasteiger partial charge in [-0.25, -0.2) is 0 Å². The summed E-state index contributed by atoms with van der Waals surface area (Å²) in [6.07, 6.45) is 5.24. The summed E-state index contributed by atoms with van der Waals surface area (Å²) in [7, 11) is 1.75. The van der Waals surface area contributed by atoms with E-state index in [-0.39, 0.29) is 0 Å². The van der Waals surface area contributed by atoms with E-state index in [0.29, 0.717) is 12.1 Å². The summed E-state index contributed by atoms with van der Waals surface area (Å²) < 4.78 is 10.7. The maximum atomic E-state index is 5.56. The van der Waals surface area contributed by atoms with Gasteiger partial charge in [0.2, 0.25) is 0 Å². The van der Waals surface area contributed by atoms with Crippen molar-refractivity contribution in [1.29, 1.82) is 0 Å². The molecule has 1 aliphatic heterocycles. The molecule has 0 radical (unpaired) electrons. The van der Waals surface area contributed by atoms with E-state index in [1.54, 1.807) is 7.11 Å². The SMILES string of the molecule is CCC(COC)NCCC1CCCO1. The Morgan fingerprint density at radius 1 is 1.57 bits per heavy atom. The van der Waals surface area contributed by atoms with Crippen molar-refractivity contribution in [3.8, 4) is 0 Å². The van der Waals surface area contributed by atoms with Crippen LogP contribution < -0.4 is 5.32 Å². The molecule has 0 saturated carbocycles. The van der Waals surface area contributed by atoms with E-state index in [1.165, 1.54) is 12.8 Å². The number of hydrogen-bond donors (Lipinski definition) is 1. The summed E-state index contributed by atoms with van der Waals surface area (Å²) in [5.74, 6) is 0. The van der Waals surface area contributed by atoms with Gasteiger partial charge in [0.1, 0.15) is 0 Å². The highest BCUT2D eigenvalue weighted by Crippen LogP contribution is 2.14. The van der Waals surface area contributed by atoms with Gasteiger partial charge in [0.25, 0.3) is 0 Å². The highest BCUT2D eigenvalue weighted by molar-refractivity contribution is 4.69. The monoisotopic (exact) mass is 201 g/mol. The van der Waals surface area contributed by atoms with Crippen LogP contribution in [0.15, 0.2) is 0 Å². The molecule has 84 valence electrons. The molecule has 1 aliphatic rings. The molecule has 0 aromatic rings. The van der Waals surface area contributed by atoms with Crippen LogP contribution in [0.1, 0.15) is 32.6 Å².